The zero-order valence-corrected chi connectivity index (χ0v) is 15.0. The highest BCUT2D eigenvalue weighted by Gasteiger charge is 2.35. The van der Waals surface area contributed by atoms with Crippen molar-refractivity contribution in [2.75, 3.05) is 7.05 Å². The Hall–Kier alpha value is -3.17. The van der Waals surface area contributed by atoms with Crippen LogP contribution in [0, 0.1) is 0 Å². The molecule has 146 valence electrons. The number of nitrogens with zero attached hydrogens (tertiary/aromatic N) is 1. The van der Waals surface area contributed by atoms with E-state index in [0.29, 0.717) is 11.3 Å². The number of aromatic amines is 1. The number of allylic oxidation sites excluding steroid dienone is 1. The number of nitrogens with one attached hydrogen (secondary N) is 3. The molecule has 1 amide bonds. The number of carbonyl (C=O) groups excluding carboxylic acids is 2. The van der Waals surface area contributed by atoms with Crippen molar-refractivity contribution in [3.63, 3.8) is 0 Å². The largest absolute Gasteiger partial charge is 0.585 e. The Morgan fingerprint density at radius 1 is 1.37 bits per heavy atom. The molecular formula is C17H20F2N4O4. The summed E-state index contributed by atoms with van der Waals surface area (Å²) in [7, 11) is 1.54. The summed E-state index contributed by atoms with van der Waals surface area (Å²) in [6, 6.07) is 1.12. The summed E-state index contributed by atoms with van der Waals surface area (Å²) in [5.41, 5.74) is 0.927. The van der Waals surface area contributed by atoms with E-state index >= 15 is 0 Å². The molecule has 10 heteroatoms. The van der Waals surface area contributed by atoms with Gasteiger partial charge in [-0.25, -0.2) is 0 Å². The maximum atomic E-state index is 12.9. The van der Waals surface area contributed by atoms with Gasteiger partial charge in [0.1, 0.15) is 11.5 Å². The van der Waals surface area contributed by atoms with E-state index in [4.69, 9.17) is 0 Å². The first kappa shape index (κ1) is 20.1. The number of H-pyrrole nitrogens is 1. The third-order valence-electron chi connectivity index (χ3n) is 3.62. The molecule has 0 fully saturated rings. The number of rotatable bonds is 2. The van der Waals surface area contributed by atoms with Crippen LogP contribution in [0.1, 0.15) is 34.7 Å². The summed E-state index contributed by atoms with van der Waals surface area (Å²) in [6.45, 7) is 2.90. The molecule has 0 saturated carbocycles. The Bertz CT molecular complexity index is 786. The highest BCUT2D eigenvalue weighted by molar-refractivity contribution is 5.98. The van der Waals surface area contributed by atoms with Gasteiger partial charge < -0.3 is 25.1 Å². The van der Waals surface area contributed by atoms with Crippen LogP contribution in [-0.4, -0.2) is 48.4 Å². The number of hydrogen-bond donors (Lipinski definition) is 3. The average molecular weight is 382 g/mol. The van der Waals surface area contributed by atoms with E-state index in [2.05, 4.69) is 30.1 Å². The van der Waals surface area contributed by atoms with Crippen LogP contribution < -0.4 is 10.6 Å². The quantitative estimate of drug-likeness (QED) is 0.678. The van der Waals surface area contributed by atoms with Gasteiger partial charge in [0.2, 0.25) is 0 Å². The highest BCUT2D eigenvalue weighted by atomic mass is 19.3. The second-order valence-corrected chi connectivity index (χ2v) is 5.69. The molecule has 3 N–H and O–H groups in total. The molecule has 0 radical (unpaired) electrons. The van der Waals surface area contributed by atoms with Gasteiger partial charge in [-0.05, 0) is 32.1 Å². The van der Waals surface area contributed by atoms with E-state index in [1.807, 2.05) is 0 Å². The summed E-state index contributed by atoms with van der Waals surface area (Å²) < 4.78 is 34.2. The summed E-state index contributed by atoms with van der Waals surface area (Å²) in [5, 5.41) is 5.36. The summed E-state index contributed by atoms with van der Waals surface area (Å²) in [5.74, 6) is -0.180. The number of aliphatic imine (C=N–C) groups is 1. The van der Waals surface area contributed by atoms with Crippen LogP contribution in [-0.2, 0) is 9.47 Å². The van der Waals surface area contributed by atoms with Crippen molar-refractivity contribution in [1.29, 1.82) is 0 Å². The van der Waals surface area contributed by atoms with Crippen molar-refractivity contribution < 1.29 is 27.8 Å². The topological polar surface area (TPSA) is 105 Å². The second kappa shape index (κ2) is 8.47. The van der Waals surface area contributed by atoms with Crippen molar-refractivity contribution >= 4 is 18.0 Å². The molecule has 0 aliphatic carbocycles. The molecule has 2 atom stereocenters. The van der Waals surface area contributed by atoms with Gasteiger partial charge in [0.15, 0.2) is 5.78 Å². The summed E-state index contributed by atoms with van der Waals surface area (Å²) >= 11 is 0. The fraction of sp³-hybridized carbons (Fsp3) is 0.353. The number of Topliss-reactive ketones (excluding diaryl/α,β-unsaturated/α-hetero) is 1. The zero-order chi connectivity index (χ0) is 20.0. The standard InChI is InChI=1S/C9H10F2N2O2.C8H10N2O2/c1-6-4-8-7(12-5-13-8)2-3-14-9(10,11)15-6;1-5(11)6-3-7(10-4-6)8(12)9-2/h2-5,7-8H,1H3,(H,12,13);3-4,10H,1-2H3,(H,9,12)/b3-2+,6-4+;. The van der Waals surface area contributed by atoms with E-state index in [1.54, 1.807) is 6.08 Å². The first-order valence-corrected chi connectivity index (χ1v) is 8.00. The maximum Gasteiger partial charge on any atom is 0.585 e. The third-order valence-corrected chi connectivity index (χ3v) is 3.62. The van der Waals surface area contributed by atoms with Crippen LogP contribution in [0.4, 0.5) is 8.78 Å². The lowest BCUT2D eigenvalue weighted by Gasteiger charge is -2.15. The lowest BCUT2D eigenvalue weighted by Crippen LogP contribution is -2.28. The lowest BCUT2D eigenvalue weighted by molar-refractivity contribution is -0.356. The number of carbonyl (C=O) groups is 2. The minimum absolute atomic E-state index is 0.0543. The van der Waals surface area contributed by atoms with E-state index in [9.17, 15) is 18.4 Å². The van der Waals surface area contributed by atoms with Gasteiger partial charge in [-0.3, -0.25) is 14.6 Å². The van der Waals surface area contributed by atoms with Crippen molar-refractivity contribution in [1.82, 2.24) is 15.6 Å². The SMILES string of the molecule is C/C1=C\C2NC=NC2/C=C/OC(F)(F)O1.CNC(=O)c1cc(C(C)=O)c[nH]1. The van der Waals surface area contributed by atoms with Gasteiger partial charge in [-0.1, -0.05) is 0 Å². The minimum atomic E-state index is -3.63. The summed E-state index contributed by atoms with van der Waals surface area (Å²) in [4.78, 5) is 28.6. The Morgan fingerprint density at radius 3 is 2.74 bits per heavy atom. The van der Waals surface area contributed by atoms with Gasteiger partial charge >= 0.3 is 6.29 Å². The number of ketones is 1. The van der Waals surface area contributed by atoms with Crippen LogP contribution in [0.3, 0.4) is 0 Å². The van der Waals surface area contributed by atoms with Crippen LogP contribution in [0.25, 0.3) is 0 Å². The van der Waals surface area contributed by atoms with E-state index < -0.39 is 6.29 Å². The second-order valence-electron chi connectivity index (χ2n) is 5.69. The Balaban J connectivity index is 0.000000199. The van der Waals surface area contributed by atoms with Crippen LogP contribution in [0.15, 0.2) is 41.4 Å². The van der Waals surface area contributed by atoms with Gasteiger partial charge in [-0.2, -0.15) is 0 Å². The van der Waals surface area contributed by atoms with Gasteiger partial charge in [0, 0.05) is 18.8 Å². The monoisotopic (exact) mass is 382 g/mol. The predicted molar refractivity (Wildman–Crippen MR) is 93.4 cm³/mol. The van der Waals surface area contributed by atoms with Crippen molar-refractivity contribution in [2.24, 2.45) is 4.99 Å². The minimum Gasteiger partial charge on any atom is -0.407 e. The molecular weight excluding hydrogens is 362 g/mol. The molecule has 3 heterocycles. The fourth-order valence-electron chi connectivity index (χ4n) is 2.28. The molecule has 2 aliphatic rings. The third kappa shape index (κ3) is 5.66. The van der Waals surface area contributed by atoms with E-state index in [1.165, 1.54) is 45.6 Å². The zero-order valence-electron chi connectivity index (χ0n) is 15.0. The molecule has 8 nitrogen and oxygen atoms in total. The van der Waals surface area contributed by atoms with Crippen LogP contribution in [0.2, 0.25) is 0 Å². The van der Waals surface area contributed by atoms with Crippen LogP contribution >= 0.6 is 0 Å². The number of alkyl halides is 2. The number of aromatic nitrogens is 1. The van der Waals surface area contributed by atoms with E-state index in [-0.39, 0.29) is 29.5 Å². The molecule has 2 unspecified atom stereocenters. The maximum absolute atomic E-state index is 12.9. The van der Waals surface area contributed by atoms with Crippen molar-refractivity contribution in [3.8, 4) is 0 Å². The smallest absolute Gasteiger partial charge is 0.407 e. The predicted octanol–water partition coefficient (Wildman–Crippen LogP) is 1.95. The van der Waals surface area contributed by atoms with Crippen LogP contribution in [0.5, 0.6) is 0 Å². The Labute approximate surface area is 154 Å². The number of amides is 1. The lowest BCUT2D eigenvalue weighted by atomic mass is 10.1. The van der Waals surface area contributed by atoms with Gasteiger partial charge in [0.25, 0.3) is 5.91 Å². The van der Waals surface area contributed by atoms with Crippen molar-refractivity contribution in [3.05, 3.63) is 47.7 Å². The van der Waals surface area contributed by atoms with Crippen molar-refractivity contribution in [2.45, 2.75) is 32.2 Å². The van der Waals surface area contributed by atoms with Gasteiger partial charge in [-0.15, -0.1) is 8.78 Å². The molecule has 0 bridgehead atoms. The molecule has 3 rings (SSSR count). The molecule has 2 aliphatic heterocycles. The molecule has 0 saturated heterocycles. The molecule has 1 aromatic heterocycles. The van der Waals surface area contributed by atoms with Gasteiger partial charge in [0.05, 0.1) is 24.7 Å². The average Bonchev–Trinajstić information content (AvgIpc) is 3.23. The first-order valence-electron chi connectivity index (χ1n) is 8.00. The van der Waals surface area contributed by atoms with E-state index in [0.717, 1.165) is 6.26 Å². The number of ether oxygens (including phenoxy) is 2. The highest BCUT2D eigenvalue weighted by Crippen LogP contribution is 2.24. The Morgan fingerprint density at radius 2 is 2.11 bits per heavy atom. The molecule has 0 spiro atoms. The summed E-state index contributed by atoms with van der Waals surface area (Å²) in [6.07, 6.45) is 3.34. The first-order chi connectivity index (χ1) is 12.7. The normalized spacial score (nSPS) is 25.3. The molecule has 0 aromatic carbocycles. The molecule has 27 heavy (non-hydrogen) atoms. The number of halogens is 2. The fourth-order valence-corrected chi connectivity index (χ4v) is 2.28. The molecule has 1 aromatic rings. The number of hydrogen-bond acceptors (Lipinski definition) is 6. The number of fused-ring (bicyclic) bond motifs is 1. The Kier molecular flexibility index (Phi) is 6.32.